The fourth-order valence-electron chi connectivity index (χ4n) is 6.41. The van der Waals surface area contributed by atoms with Gasteiger partial charge in [0.05, 0.1) is 12.0 Å². The van der Waals surface area contributed by atoms with Crippen LogP contribution in [0.25, 0.3) is 6.08 Å². The molecule has 6 rings (SSSR count). The standard InChI is InChI=1S/C31H29N3O3/c1-18-12-14-23-19(17-18)13-15-24-31(20-9-5-6-10-21(20)33-29(31)37)25(27(35)22-11-7-8-16-32-22)26(34(23)24)28(36)30(2,3)4/h5-17,24-26H,1-4H3,(H,33,37)/t24-,25+,26+,31-/m1/s1. The Balaban J connectivity index is 1.69. The summed E-state index contributed by atoms with van der Waals surface area (Å²) in [6.45, 7) is 7.64. The van der Waals surface area contributed by atoms with Crippen LogP contribution in [0.15, 0.2) is 72.9 Å². The Bertz CT molecular complexity index is 1490. The largest absolute Gasteiger partial charge is 0.352 e. The smallest absolute Gasteiger partial charge is 0.238 e. The predicted molar refractivity (Wildman–Crippen MR) is 144 cm³/mol. The molecule has 1 N–H and O–H groups in total. The van der Waals surface area contributed by atoms with Crippen LogP contribution >= 0.6 is 0 Å². The van der Waals surface area contributed by atoms with Crippen molar-refractivity contribution in [3.05, 3.63) is 95.3 Å². The first-order valence-corrected chi connectivity index (χ1v) is 12.6. The summed E-state index contributed by atoms with van der Waals surface area (Å²) in [6, 6.07) is 17.4. The van der Waals surface area contributed by atoms with Gasteiger partial charge in [-0.05, 0) is 48.4 Å². The highest BCUT2D eigenvalue weighted by Gasteiger charge is 2.70. The summed E-state index contributed by atoms with van der Waals surface area (Å²) in [6.07, 6.45) is 5.59. The number of nitrogens with zero attached hydrogens (tertiary/aromatic N) is 2. The van der Waals surface area contributed by atoms with E-state index in [9.17, 15) is 14.4 Å². The van der Waals surface area contributed by atoms with Gasteiger partial charge < -0.3 is 10.2 Å². The van der Waals surface area contributed by atoms with Crippen molar-refractivity contribution >= 4 is 34.9 Å². The average Bonchev–Trinajstić information content (AvgIpc) is 3.35. The van der Waals surface area contributed by atoms with Crippen molar-refractivity contribution in [1.29, 1.82) is 0 Å². The van der Waals surface area contributed by atoms with E-state index in [0.717, 1.165) is 22.4 Å². The van der Waals surface area contributed by atoms with E-state index in [0.29, 0.717) is 5.69 Å². The average molecular weight is 492 g/mol. The third-order valence-electron chi connectivity index (χ3n) is 8.00. The number of hydrogen-bond donors (Lipinski definition) is 1. The van der Waals surface area contributed by atoms with Crippen LogP contribution in [0.5, 0.6) is 0 Å². The van der Waals surface area contributed by atoms with Gasteiger partial charge in [-0.25, -0.2) is 0 Å². The molecular formula is C31H29N3O3. The van der Waals surface area contributed by atoms with Gasteiger partial charge in [0, 0.05) is 23.0 Å². The SMILES string of the molecule is Cc1ccc2c(c1)C=C[C@H]1N2[C@H](C(=O)C(C)(C)C)[C@@H](C(=O)c2ccccn2)[C@]12C(=O)Nc1ccccc12. The Labute approximate surface area is 216 Å². The number of nitrogens with one attached hydrogen (secondary N) is 1. The molecule has 186 valence electrons. The first kappa shape index (κ1) is 23.3. The number of amides is 1. The van der Waals surface area contributed by atoms with Crippen LogP contribution in [0.4, 0.5) is 11.4 Å². The minimum absolute atomic E-state index is 0.0809. The van der Waals surface area contributed by atoms with Crippen molar-refractivity contribution in [3.63, 3.8) is 0 Å². The number of aryl methyl sites for hydroxylation is 1. The highest BCUT2D eigenvalue weighted by Crippen LogP contribution is 2.58. The van der Waals surface area contributed by atoms with Crippen LogP contribution in [0.2, 0.25) is 0 Å². The van der Waals surface area contributed by atoms with E-state index in [1.165, 1.54) is 0 Å². The maximum Gasteiger partial charge on any atom is 0.238 e. The molecule has 3 aliphatic rings. The number of carbonyl (C=O) groups excluding carboxylic acids is 3. The van der Waals surface area contributed by atoms with Crippen molar-refractivity contribution in [2.75, 3.05) is 10.2 Å². The second kappa shape index (κ2) is 7.97. The Hall–Kier alpha value is -4.06. The summed E-state index contributed by atoms with van der Waals surface area (Å²) in [4.78, 5) is 49.4. The molecule has 1 amide bonds. The number of rotatable bonds is 3. The number of anilines is 2. The lowest BCUT2D eigenvalue weighted by Crippen LogP contribution is -2.51. The number of carbonyl (C=O) groups is 3. The van der Waals surface area contributed by atoms with Crippen molar-refractivity contribution < 1.29 is 14.4 Å². The molecule has 37 heavy (non-hydrogen) atoms. The Kier molecular flexibility index (Phi) is 5.03. The van der Waals surface area contributed by atoms with Crippen molar-refractivity contribution in [3.8, 4) is 0 Å². The van der Waals surface area contributed by atoms with Gasteiger partial charge in [0.2, 0.25) is 5.91 Å². The Morgan fingerprint density at radius 3 is 2.51 bits per heavy atom. The summed E-state index contributed by atoms with van der Waals surface area (Å²) >= 11 is 0. The van der Waals surface area contributed by atoms with E-state index >= 15 is 0 Å². The molecule has 0 bridgehead atoms. The molecule has 6 heteroatoms. The molecule has 1 aromatic heterocycles. The predicted octanol–water partition coefficient (Wildman–Crippen LogP) is 4.98. The van der Waals surface area contributed by atoms with Crippen LogP contribution in [-0.4, -0.2) is 34.5 Å². The van der Waals surface area contributed by atoms with Gasteiger partial charge in [0.1, 0.15) is 17.2 Å². The van der Waals surface area contributed by atoms with Gasteiger partial charge in [0.15, 0.2) is 11.6 Å². The number of Topliss-reactive ketones (excluding diaryl/α,β-unsaturated/α-hetero) is 2. The topological polar surface area (TPSA) is 79.4 Å². The van der Waals surface area contributed by atoms with E-state index in [1.54, 1.807) is 24.4 Å². The molecule has 2 aromatic carbocycles. The maximum absolute atomic E-state index is 14.5. The van der Waals surface area contributed by atoms with Gasteiger partial charge in [-0.1, -0.05) is 68.8 Å². The van der Waals surface area contributed by atoms with E-state index < -0.39 is 28.8 Å². The molecule has 0 saturated carbocycles. The quantitative estimate of drug-likeness (QED) is 0.523. The summed E-state index contributed by atoms with van der Waals surface area (Å²) < 4.78 is 0. The lowest BCUT2D eigenvalue weighted by Gasteiger charge is -2.38. The molecule has 0 radical (unpaired) electrons. The molecule has 1 spiro atoms. The van der Waals surface area contributed by atoms with Crippen LogP contribution in [0.1, 0.15) is 48.0 Å². The molecule has 4 heterocycles. The molecule has 0 aliphatic carbocycles. The number of hydrogen-bond acceptors (Lipinski definition) is 5. The molecule has 3 aliphatic heterocycles. The number of pyridine rings is 1. The first-order chi connectivity index (χ1) is 17.7. The maximum atomic E-state index is 14.5. The second-order valence-corrected chi connectivity index (χ2v) is 11.3. The van der Waals surface area contributed by atoms with Crippen molar-refractivity contribution in [1.82, 2.24) is 4.98 Å². The number of para-hydroxylation sites is 1. The highest BCUT2D eigenvalue weighted by atomic mass is 16.2. The van der Waals surface area contributed by atoms with E-state index in [1.807, 2.05) is 81.1 Å². The van der Waals surface area contributed by atoms with Crippen molar-refractivity contribution in [2.45, 2.75) is 45.2 Å². The third kappa shape index (κ3) is 3.18. The number of aromatic nitrogens is 1. The van der Waals surface area contributed by atoms with Crippen LogP contribution in [-0.2, 0) is 15.0 Å². The number of benzene rings is 2. The molecule has 1 saturated heterocycles. The number of ketones is 2. The van der Waals surface area contributed by atoms with Gasteiger partial charge >= 0.3 is 0 Å². The minimum atomic E-state index is -1.30. The third-order valence-corrected chi connectivity index (χ3v) is 8.00. The van der Waals surface area contributed by atoms with Gasteiger partial charge in [0.25, 0.3) is 0 Å². The molecule has 3 aromatic rings. The van der Waals surface area contributed by atoms with Gasteiger partial charge in [-0.15, -0.1) is 0 Å². The van der Waals surface area contributed by atoms with Crippen LogP contribution in [0.3, 0.4) is 0 Å². The molecule has 1 fully saturated rings. The molecule has 6 nitrogen and oxygen atoms in total. The lowest BCUT2D eigenvalue weighted by atomic mass is 9.63. The zero-order valence-corrected chi connectivity index (χ0v) is 21.4. The summed E-state index contributed by atoms with van der Waals surface area (Å²) in [7, 11) is 0. The Morgan fingerprint density at radius 1 is 1.03 bits per heavy atom. The zero-order chi connectivity index (χ0) is 26.1. The molecular weight excluding hydrogens is 462 g/mol. The van der Waals surface area contributed by atoms with Gasteiger partial charge in [-0.3, -0.25) is 19.4 Å². The minimum Gasteiger partial charge on any atom is -0.352 e. The zero-order valence-electron chi connectivity index (χ0n) is 21.4. The Morgan fingerprint density at radius 2 is 1.78 bits per heavy atom. The molecule has 4 atom stereocenters. The normalized spacial score (nSPS) is 25.5. The lowest BCUT2D eigenvalue weighted by molar-refractivity contribution is -0.128. The first-order valence-electron chi connectivity index (χ1n) is 12.6. The summed E-state index contributed by atoms with van der Waals surface area (Å²) in [5.74, 6) is -1.61. The van der Waals surface area contributed by atoms with Gasteiger partial charge in [-0.2, -0.15) is 0 Å². The van der Waals surface area contributed by atoms with Crippen LogP contribution < -0.4 is 10.2 Å². The fraction of sp³-hybridized carbons (Fsp3) is 0.290. The summed E-state index contributed by atoms with van der Waals surface area (Å²) in [5.41, 5.74) is 2.55. The van der Waals surface area contributed by atoms with Crippen LogP contribution in [0, 0.1) is 18.3 Å². The van der Waals surface area contributed by atoms with E-state index in [-0.39, 0.29) is 23.2 Å². The highest BCUT2D eigenvalue weighted by molar-refractivity contribution is 6.16. The summed E-state index contributed by atoms with van der Waals surface area (Å²) in [5, 5.41) is 3.05. The number of fused-ring (bicyclic) bond motifs is 6. The monoisotopic (exact) mass is 491 g/mol. The molecule has 0 unspecified atom stereocenters. The second-order valence-electron chi connectivity index (χ2n) is 11.3. The van der Waals surface area contributed by atoms with E-state index in [2.05, 4.69) is 16.4 Å². The fourth-order valence-corrected chi connectivity index (χ4v) is 6.41. The van der Waals surface area contributed by atoms with E-state index in [4.69, 9.17) is 0 Å². The van der Waals surface area contributed by atoms with Crippen molar-refractivity contribution in [2.24, 2.45) is 11.3 Å².